The van der Waals surface area contributed by atoms with Crippen LogP contribution in [0.2, 0.25) is 0 Å². The molecule has 0 atom stereocenters. The van der Waals surface area contributed by atoms with Gasteiger partial charge in [-0.1, -0.05) is 103 Å². The molecule has 0 bridgehead atoms. The first kappa shape index (κ1) is 19.8. The normalized spacial score (nSPS) is 14.9. The fourth-order valence-corrected chi connectivity index (χ4v) is 7.32. The molecular weight excluding hydrogens is 645 g/mol. The van der Waals surface area contributed by atoms with Gasteiger partial charge >= 0.3 is 0 Å². The fourth-order valence-electron chi connectivity index (χ4n) is 7.32. The van der Waals surface area contributed by atoms with Crippen LogP contribution in [-0.2, 0) is 0 Å². The maximum absolute atomic E-state index is 9.43. The Labute approximate surface area is 308 Å². The summed E-state index contributed by atoms with van der Waals surface area (Å²) in [5, 5.41) is 2.84. The monoisotopic (exact) mass is 678 g/mol. The van der Waals surface area contributed by atoms with Crippen LogP contribution in [-0.4, -0.2) is 19.5 Å². The Hall–Kier alpha value is -7.25. The number of nitrogens with zero attached hydrogens (tertiary/aromatic N) is 4. The summed E-state index contributed by atoms with van der Waals surface area (Å²) in [6, 6.07) is 21.0. The van der Waals surface area contributed by atoms with Crippen LogP contribution in [0.5, 0.6) is 0 Å². The average molecular weight is 679 g/mol. The van der Waals surface area contributed by atoms with Gasteiger partial charge in [-0.15, -0.1) is 0 Å². The van der Waals surface area contributed by atoms with Gasteiger partial charge in [0.2, 0.25) is 5.95 Å². The number of fused-ring (bicyclic) bond motifs is 13. The first-order valence-corrected chi connectivity index (χ1v) is 16.4. The van der Waals surface area contributed by atoms with Crippen molar-refractivity contribution < 1.29 is 27.0 Å². The van der Waals surface area contributed by atoms with Crippen LogP contribution in [0.3, 0.4) is 0 Å². The molecule has 0 amide bonds. The molecule has 0 aliphatic heterocycles. The lowest BCUT2D eigenvalue weighted by Gasteiger charge is -2.11. The lowest BCUT2D eigenvalue weighted by molar-refractivity contribution is 0.668. The van der Waals surface area contributed by atoms with E-state index in [2.05, 4.69) is 0 Å². The Bertz CT molecular complexity index is 3890. The van der Waals surface area contributed by atoms with Crippen molar-refractivity contribution in [1.82, 2.24) is 19.5 Å². The van der Waals surface area contributed by atoms with Gasteiger partial charge in [0.15, 0.2) is 17.2 Å². The molecule has 12 rings (SSSR count). The van der Waals surface area contributed by atoms with Gasteiger partial charge in [0, 0.05) is 43.1 Å². The van der Waals surface area contributed by atoms with E-state index in [1.54, 1.807) is 12.1 Å². The zero-order valence-electron chi connectivity index (χ0n) is 36.6. The Balaban J connectivity index is 1.30. The van der Waals surface area contributed by atoms with E-state index in [9.17, 15) is 4.11 Å². The van der Waals surface area contributed by atoms with Crippen LogP contribution in [0.15, 0.2) is 159 Å². The number of furan rings is 3. The average Bonchev–Trinajstić information content (AvgIpc) is 4.07. The van der Waals surface area contributed by atoms with E-state index in [4.69, 9.17) is 37.8 Å². The summed E-state index contributed by atoms with van der Waals surface area (Å²) in [6.07, 6.45) is 0. The molecule has 0 radical (unpaired) electrons. The minimum absolute atomic E-state index is 0.0527. The van der Waals surface area contributed by atoms with Crippen molar-refractivity contribution in [3.63, 3.8) is 0 Å². The Morgan fingerprint density at radius 1 is 0.423 bits per heavy atom. The van der Waals surface area contributed by atoms with Crippen molar-refractivity contribution in [3.8, 4) is 28.7 Å². The molecule has 0 N–H and O–H groups in total. The molecule has 0 unspecified atom stereocenters. The van der Waals surface area contributed by atoms with Gasteiger partial charge in [0.05, 0.1) is 30.4 Å². The zero-order chi connectivity index (χ0) is 42.6. The quantitative estimate of drug-likeness (QED) is 0.185. The Kier molecular flexibility index (Phi) is 3.87. The number of rotatable bonds is 3. The molecule has 0 aliphatic rings. The van der Waals surface area contributed by atoms with E-state index in [1.807, 2.05) is 72.8 Å². The molecule has 0 saturated carbocycles. The van der Waals surface area contributed by atoms with Crippen LogP contribution >= 0.6 is 0 Å². The molecule has 52 heavy (non-hydrogen) atoms. The molecule has 7 aromatic carbocycles. The summed E-state index contributed by atoms with van der Waals surface area (Å²) in [5.41, 5.74) is 2.51. The maximum atomic E-state index is 9.43. The molecule has 0 fully saturated rings. The van der Waals surface area contributed by atoms with Crippen LogP contribution in [0.4, 0.5) is 0 Å². The summed E-state index contributed by atoms with van der Waals surface area (Å²) in [5.74, 6) is 0.0548. The molecule has 0 spiro atoms. The van der Waals surface area contributed by atoms with Crippen molar-refractivity contribution in [2.45, 2.75) is 0 Å². The van der Waals surface area contributed by atoms with Crippen molar-refractivity contribution in [2.24, 2.45) is 0 Å². The summed E-state index contributed by atoms with van der Waals surface area (Å²) in [4.78, 5) is 15.1. The van der Waals surface area contributed by atoms with E-state index in [0.717, 1.165) is 21.5 Å². The highest BCUT2D eigenvalue weighted by Crippen LogP contribution is 2.42. The highest BCUT2D eigenvalue weighted by atomic mass is 16.3. The van der Waals surface area contributed by atoms with Crippen LogP contribution < -0.4 is 0 Å². The van der Waals surface area contributed by atoms with Crippen LogP contribution in [0, 0.1) is 0 Å². The Morgan fingerprint density at radius 3 is 1.67 bits per heavy atom. The van der Waals surface area contributed by atoms with Gasteiger partial charge in [-0.2, -0.15) is 9.97 Å². The van der Waals surface area contributed by atoms with Crippen LogP contribution in [0.1, 0.15) is 13.7 Å². The van der Waals surface area contributed by atoms with Crippen molar-refractivity contribution in [3.05, 3.63) is 145 Å². The van der Waals surface area contributed by atoms with Gasteiger partial charge in [-0.3, -0.25) is 4.57 Å². The predicted molar refractivity (Wildman–Crippen MR) is 207 cm³/mol. The minimum atomic E-state index is -0.585. The molecule has 12 aromatic rings. The lowest BCUT2D eigenvalue weighted by Crippen LogP contribution is -2.06. The summed E-state index contributed by atoms with van der Waals surface area (Å²) in [6.45, 7) is 0. The van der Waals surface area contributed by atoms with Gasteiger partial charge in [-0.25, -0.2) is 4.98 Å². The van der Waals surface area contributed by atoms with E-state index in [1.165, 1.54) is 4.57 Å². The third kappa shape index (κ3) is 3.71. The van der Waals surface area contributed by atoms with Crippen molar-refractivity contribution in [2.75, 3.05) is 0 Å². The molecular formula is C45H24N4O3. The largest absolute Gasteiger partial charge is 0.455 e. The maximum Gasteiger partial charge on any atom is 0.238 e. The summed E-state index contributed by atoms with van der Waals surface area (Å²) >= 11 is 0. The highest BCUT2D eigenvalue weighted by molar-refractivity contribution is 6.21. The second-order valence-corrected chi connectivity index (χ2v) is 12.4. The van der Waals surface area contributed by atoms with Gasteiger partial charge in [0.1, 0.15) is 33.4 Å². The fraction of sp³-hybridized carbons (Fsp3) is 0. The smallest absolute Gasteiger partial charge is 0.238 e. The first-order chi connectivity index (χ1) is 29.9. The Morgan fingerprint density at radius 2 is 0.981 bits per heavy atom. The summed E-state index contributed by atoms with van der Waals surface area (Å²) in [7, 11) is 0. The molecule has 7 heteroatoms. The number of aromatic nitrogens is 4. The number of para-hydroxylation sites is 6. The summed E-state index contributed by atoms with van der Waals surface area (Å²) < 4.78 is 110. The van der Waals surface area contributed by atoms with E-state index in [-0.39, 0.29) is 61.3 Å². The van der Waals surface area contributed by atoms with Crippen molar-refractivity contribution in [1.29, 1.82) is 0 Å². The van der Waals surface area contributed by atoms with Crippen LogP contribution in [0.25, 0.3) is 116 Å². The van der Waals surface area contributed by atoms with E-state index < -0.39 is 60.4 Å². The zero-order valence-corrected chi connectivity index (χ0v) is 26.6. The van der Waals surface area contributed by atoms with E-state index >= 15 is 0 Å². The van der Waals surface area contributed by atoms with E-state index in [0.29, 0.717) is 33.5 Å². The first-order valence-electron chi connectivity index (χ1n) is 21.4. The highest BCUT2D eigenvalue weighted by Gasteiger charge is 2.24. The molecule has 5 heterocycles. The SMILES string of the molecule is [2H]c1c([2H])c([2H])c2c(oc3c2c([2H])c([2H])c2c4c([2H])c([2H])c([2H])c([2H])c4n(-c4nc(-c5cccc6c5oc5ccccc56)nc(-c5cccc6c5oc5ccccc56)n4)c32)c1[2H]. The standard InChI is InChI=1S/C45H24N4O3/c1-5-19-35-25(11-1)29-23-24-32-28-14-4-8-22-38(28)52-42(32)39(29)49(35)45-47-43(33-17-9-15-30-26-12-2-6-20-36(26)50-40(30)33)46-44(48-45)34-18-10-16-31-27-13-3-7-21-37(27)51-41(31)34/h1-24H/i1D,4D,5D,8D,11D,14D,19D,22D,23D,24D. The van der Waals surface area contributed by atoms with Gasteiger partial charge < -0.3 is 13.3 Å². The molecule has 0 saturated heterocycles. The number of hydrogen-bond acceptors (Lipinski definition) is 6. The molecule has 7 nitrogen and oxygen atoms in total. The molecule has 5 aromatic heterocycles. The molecule has 0 aliphatic carbocycles. The number of hydrogen-bond donors (Lipinski definition) is 0. The predicted octanol–water partition coefficient (Wildman–Crippen LogP) is 12.0. The minimum Gasteiger partial charge on any atom is -0.455 e. The molecule has 242 valence electrons. The third-order valence-corrected chi connectivity index (χ3v) is 9.58. The topological polar surface area (TPSA) is 83.0 Å². The third-order valence-electron chi connectivity index (χ3n) is 9.58. The lowest BCUT2D eigenvalue weighted by atomic mass is 10.1. The van der Waals surface area contributed by atoms with Gasteiger partial charge in [0.25, 0.3) is 0 Å². The van der Waals surface area contributed by atoms with Crippen molar-refractivity contribution >= 4 is 87.6 Å². The number of benzene rings is 7. The second kappa shape index (κ2) is 10.2. The van der Waals surface area contributed by atoms with Gasteiger partial charge in [-0.05, 0) is 42.4 Å². The second-order valence-electron chi connectivity index (χ2n) is 12.4.